The minimum atomic E-state index is -0.721. The molecule has 1 aliphatic heterocycles. The smallest absolute Gasteiger partial charge is 0.344 e. The Morgan fingerprint density at radius 3 is 2.72 bits per heavy atom. The van der Waals surface area contributed by atoms with Gasteiger partial charge in [-0.15, -0.1) is 0 Å². The molecule has 1 saturated heterocycles. The highest BCUT2D eigenvalue weighted by Crippen LogP contribution is 2.30. The molecule has 3 rings (SSSR count). The van der Waals surface area contributed by atoms with Crippen LogP contribution in [0.4, 0.5) is 11.4 Å². The van der Waals surface area contributed by atoms with E-state index in [1.165, 1.54) is 19.2 Å². The molecule has 0 saturated carbocycles. The second kappa shape index (κ2) is 7.31. The van der Waals surface area contributed by atoms with E-state index >= 15 is 0 Å². The van der Waals surface area contributed by atoms with E-state index < -0.39 is 10.9 Å². The highest BCUT2D eigenvalue weighted by Gasteiger charge is 2.26. The molecule has 2 aromatic rings. The summed E-state index contributed by atoms with van der Waals surface area (Å²) >= 11 is 0. The number of nitrogens with zero attached hydrogens (tertiary/aromatic N) is 2. The number of morpholine rings is 1. The van der Waals surface area contributed by atoms with Crippen molar-refractivity contribution in [3.63, 3.8) is 0 Å². The molecular formula is C18H18N2O5. The van der Waals surface area contributed by atoms with Crippen molar-refractivity contribution in [2.75, 3.05) is 31.7 Å². The van der Waals surface area contributed by atoms with Gasteiger partial charge < -0.3 is 14.4 Å². The van der Waals surface area contributed by atoms with E-state index in [2.05, 4.69) is 9.64 Å². The van der Waals surface area contributed by atoms with Crippen LogP contribution in [0.25, 0.3) is 0 Å². The molecule has 0 aromatic heterocycles. The molecule has 1 heterocycles. The monoisotopic (exact) mass is 342 g/mol. The Morgan fingerprint density at radius 1 is 1.28 bits per heavy atom. The Labute approximate surface area is 144 Å². The Morgan fingerprint density at radius 2 is 2.04 bits per heavy atom. The maximum Gasteiger partial charge on any atom is 0.344 e. The zero-order valence-electron chi connectivity index (χ0n) is 13.8. The number of carbonyl (C=O) groups is 1. The normalized spacial score (nSPS) is 17.2. The third kappa shape index (κ3) is 3.61. The summed E-state index contributed by atoms with van der Waals surface area (Å²) in [6, 6.07) is 14.4. The topological polar surface area (TPSA) is 81.9 Å². The molecule has 25 heavy (non-hydrogen) atoms. The van der Waals surface area contributed by atoms with Gasteiger partial charge in [0.1, 0.15) is 11.7 Å². The third-order valence-corrected chi connectivity index (χ3v) is 4.19. The number of benzene rings is 2. The summed E-state index contributed by atoms with van der Waals surface area (Å²) in [7, 11) is 1.21. The Hall–Kier alpha value is -2.93. The van der Waals surface area contributed by atoms with E-state index in [4.69, 9.17) is 4.74 Å². The first-order chi connectivity index (χ1) is 12.1. The van der Waals surface area contributed by atoms with Gasteiger partial charge in [-0.3, -0.25) is 10.1 Å². The molecule has 7 nitrogen and oxygen atoms in total. The molecule has 0 bridgehead atoms. The van der Waals surface area contributed by atoms with Crippen LogP contribution in [0, 0.1) is 10.1 Å². The molecule has 0 spiro atoms. The molecule has 0 amide bonds. The van der Waals surface area contributed by atoms with E-state index in [0.717, 1.165) is 11.3 Å². The van der Waals surface area contributed by atoms with Crippen LogP contribution in [0.15, 0.2) is 48.5 Å². The van der Waals surface area contributed by atoms with E-state index in [-0.39, 0.29) is 17.4 Å². The molecule has 130 valence electrons. The lowest BCUT2D eigenvalue weighted by Crippen LogP contribution is -2.38. The Balaban J connectivity index is 1.88. The third-order valence-electron chi connectivity index (χ3n) is 4.19. The first kappa shape index (κ1) is 16.9. The number of nitro benzene ring substituents is 1. The lowest BCUT2D eigenvalue weighted by Gasteiger charge is -2.34. The number of ether oxygens (including phenoxy) is 2. The minimum Gasteiger partial charge on any atom is -0.465 e. The highest BCUT2D eigenvalue weighted by molar-refractivity contribution is 5.95. The molecule has 1 aliphatic rings. The lowest BCUT2D eigenvalue weighted by atomic mass is 10.1. The number of esters is 1. The molecular weight excluding hydrogens is 324 g/mol. The predicted octanol–water partition coefficient (Wildman–Crippen LogP) is 2.96. The van der Waals surface area contributed by atoms with Crippen LogP contribution >= 0.6 is 0 Å². The number of anilines is 1. The molecule has 7 heteroatoms. The quantitative estimate of drug-likeness (QED) is 0.483. The van der Waals surface area contributed by atoms with Gasteiger partial charge in [-0.05, 0) is 17.7 Å². The van der Waals surface area contributed by atoms with Gasteiger partial charge >= 0.3 is 5.97 Å². The average molecular weight is 342 g/mol. The number of nitro groups is 1. The largest absolute Gasteiger partial charge is 0.465 e. The van der Waals surface area contributed by atoms with Crippen molar-refractivity contribution in [1.82, 2.24) is 0 Å². The predicted molar refractivity (Wildman–Crippen MR) is 91.8 cm³/mol. The van der Waals surface area contributed by atoms with E-state index in [1.54, 1.807) is 6.07 Å². The number of rotatable bonds is 4. The van der Waals surface area contributed by atoms with Crippen LogP contribution in [0.5, 0.6) is 0 Å². The summed E-state index contributed by atoms with van der Waals surface area (Å²) in [6.07, 6.45) is -0.0910. The fourth-order valence-corrected chi connectivity index (χ4v) is 2.91. The first-order valence-corrected chi connectivity index (χ1v) is 7.88. The first-order valence-electron chi connectivity index (χ1n) is 7.88. The molecule has 0 radical (unpaired) electrons. The van der Waals surface area contributed by atoms with Gasteiger partial charge in [-0.1, -0.05) is 30.3 Å². The number of carbonyl (C=O) groups excluding carboxylic acids is 1. The average Bonchev–Trinajstić information content (AvgIpc) is 2.67. The molecule has 1 atom stereocenters. The van der Waals surface area contributed by atoms with Crippen LogP contribution in [0.1, 0.15) is 22.0 Å². The summed E-state index contributed by atoms with van der Waals surface area (Å²) in [5.41, 5.74) is 1.49. The number of hydrogen-bond donors (Lipinski definition) is 0. The second-order valence-corrected chi connectivity index (χ2v) is 5.67. The van der Waals surface area contributed by atoms with E-state index in [1.807, 2.05) is 30.3 Å². The van der Waals surface area contributed by atoms with Gasteiger partial charge in [-0.2, -0.15) is 0 Å². The second-order valence-electron chi connectivity index (χ2n) is 5.67. The maximum absolute atomic E-state index is 11.9. The SMILES string of the molecule is COC(=O)c1cc(N2CCOC(c3ccccc3)C2)ccc1[N+](=O)[O-]. The van der Waals surface area contributed by atoms with Crippen LogP contribution in [0.2, 0.25) is 0 Å². The summed E-state index contributed by atoms with van der Waals surface area (Å²) in [5, 5.41) is 11.1. The van der Waals surface area contributed by atoms with Gasteiger partial charge in [0.2, 0.25) is 0 Å². The van der Waals surface area contributed by atoms with E-state index in [0.29, 0.717) is 19.7 Å². The van der Waals surface area contributed by atoms with Gasteiger partial charge in [0.25, 0.3) is 5.69 Å². The summed E-state index contributed by atoms with van der Waals surface area (Å²) in [4.78, 5) is 24.5. The van der Waals surface area contributed by atoms with Gasteiger partial charge in [-0.25, -0.2) is 4.79 Å². The van der Waals surface area contributed by atoms with Crippen LogP contribution in [-0.4, -0.2) is 37.7 Å². The minimum absolute atomic E-state index is 0.0484. The van der Waals surface area contributed by atoms with Gasteiger partial charge in [0, 0.05) is 24.8 Å². The van der Waals surface area contributed by atoms with Crippen LogP contribution < -0.4 is 4.90 Å². The van der Waals surface area contributed by atoms with Crippen molar-refractivity contribution in [3.8, 4) is 0 Å². The van der Waals surface area contributed by atoms with Crippen LogP contribution in [-0.2, 0) is 9.47 Å². The van der Waals surface area contributed by atoms with Crippen molar-refractivity contribution >= 4 is 17.3 Å². The van der Waals surface area contributed by atoms with Crippen molar-refractivity contribution < 1.29 is 19.2 Å². The molecule has 2 aromatic carbocycles. The zero-order valence-corrected chi connectivity index (χ0v) is 13.8. The van der Waals surface area contributed by atoms with Crippen molar-refractivity contribution in [2.45, 2.75) is 6.10 Å². The molecule has 0 N–H and O–H groups in total. The van der Waals surface area contributed by atoms with Crippen molar-refractivity contribution in [1.29, 1.82) is 0 Å². The molecule has 1 unspecified atom stereocenters. The zero-order chi connectivity index (χ0) is 17.8. The Bertz CT molecular complexity index is 778. The molecule has 0 aliphatic carbocycles. The standard InChI is InChI=1S/C18H18N2O5/c1-24-18(21)15-11-14(7-8-16(15)20(22)23)19-9-10-25-17(12-19)13-5-3-2-4-6-13/h2-8,11,17H,9-10,12H2,1H3. The van der Waals surface area contributed by atoms with Gasteiger partial charge in [0.15, 0.2) is 0 Å². The van der Waals surface area contributed by atoms with Gasteiger partial charge in [0.05, 0.1) is 18.6 Å². The van der Waals surface area contributed by atoms with Crippen molar-refractivity contribution in [3.05, 3.63) is 69.8 Å². The fourth-order valence-electron chi connectivity index (χ4n) is 2.91. The number of methoxy groups -OCH3 is 1. The van der Waals surface area contributed by atoms with E-state index in [9.17, 15) is 14.9 Å². The Kier molecular flexibility index (Phi) is 4.95. The summed E-state index contributed by atoms with van der Waals surface area (Å²) < 4.78 is 10.5. The molecule has 1 fully saturated rings. The summed E-state index contributed by atoms with van der Waals surface area (Å²) in [5.74, 6) is -0.721. The maximum atomic E-state index is 11.9. The van der Waals surface area contributed by atoms with Crippen LogP contribution in [0.3, 0.4) is 0 Å². The van der Waals surface area contributed by atoms with Crippen molar-refractivity contribution in [2.24, 2.45) is 0 Å². The lowest BCUT2D eigenvalue weighted by molar-refractivity contribution is -0.385. The fraction of sp³-hybridized carbons (Fsp3) is 0.278. The summed E-state index contributed by atoms with van der Waals surface area (Å²) in [6.45, 7) is 1.77. The highest BCUT2D eigenvalue weighted by atomic mass is 16.6. The number of hydrogen-bond acceptors (Lipinski definition) is 6.